The van der Waals surface area contributed by atoms with E-state index in [0.717, 1.165) is 54.6 Å². The van der Waals surface area contributed by atoms with Gasteiger partial charge in [0.1, 0.15) is 11.6 Å². The van der Waals surface area contributed by atoms with Gasteiger partial charge in [0.05, 0.1) is 18.7 Å². The zero-order valence-electron chi connectivity index (χ0n) is 22.2. The third kappa shape index (κ3) is 5.56. The Morgan fingerprint density at radius 2 is 1.33 bits per heavy atom. The highest BCUT2D eigenvalue weighted by Crippen LogP contribution is 2.31. The van der Waals surface area contributed by atoms with Gasteiger partial charge in [-0.3, -0.25) is 4.90 Å². The van der Waals surface area contributed by atoms with Crippen LogP contribution in [0, 0.1) is 0 Å². The molecular formula is C33H33N5O. The lowest BCUT2D eigenvalue weighted by Gasteiger charge is -2.40. The number of rotatable bonds is 8. The Morgan fingerprint density at radius 1 is 0.718 bits per heavy atom. The molecule has 39 heavy (non-hydrogen) atoms. The fraction of sp³-hybridized carbons (Fsp3) is 0.212. The van der Waals surface area contributed by atoms with Crippen molar-refractivity contribution in [2.45, 2.75) is 12.6 Å². The third-order valence-electron chi connectivity index (χ3n) is 7.40. The van der Waals surface area contributed by atoms with Crippen LogP contribution in [-0.2, 0) is 6.54 Å². The van der Waals surface area contributed by atoms with Gasteiger partial charge in [-0.1, -0.05) is 84.9 Å². The van der Waals surface area contributed by atoms with Crippen molar-refractivity contribution in [1.82, 2.24) is 14.9 Å². The minimum atomic E-state index is 0.230. The number of hydrogen-bond donors (Lipinski definition) is 1. The summed E-state index contributed by atoms with van der Waals surface area (Å²) in [5.41, 5.74) is 4.77. The molecule has 5 aromatic rings. The van der Waals surface area contributed by atoms with Crippen LogP contribution < -0.4 is 15.0 Å². The summed E-state index contributed by atoms with van der Waals surface area (Å²) in [5, 5.41) is 4.59. The van der Waals surface area contributed by atoms with Crippen LogP contribution >= 0.6 is 0 Å². The van der Waals surface area contributed by atoms with Crippen LogP contribution in [0.3, 0.4) is 0 Å². The summed E-state index contributed by atoms with van der Waals surface area (Å²) >= 11 is 0. The Balaban J connectivity index is 1.22. The van der Waals surface area contributed by atoms with Crippen molar-refractivity contribution < 1.29 is 4.74 Å². The summed E-state index contributed by atoms with van der Waals surface area (Å²) in [4.78, 5) is 14.9. The van der Waals surface area contributed by atoms with E-state index in [1.807, 2.05) is 24.3 Å². The molecule has 4 aromatic carbocycles. The van der Waals surface area contributed by atoms with E-state index in [0.29, 0.717) is 6.54 Å². The van der Waals surface area contributed by atoms with Crippen molar-refractivity contribution in [3.8, 4) is 5.75 Å². The molecule has 1 aliphatic heterocycles. The van der Waals surface area contributed by atoms with Crippen molar-refractivity contribution in [3.05, 3.63) is 126 Å². The standard InChI is InChI=1S/C33H33N5O/c1-39-28-18-16-25(17-19-28)24-34-32-29-14-8-9-15-30(29)35-33(36-32)38-22-20-37(21-23-38)31(26-10-4-2-5-11-26)27-12-6-3-7-13-27/h2-19,31H,20-24H2,1H3,(H,34,35,36). The van der Waals surface area contributed by atoms with Crippen LogP contribution in [0.25, 0.3) is 10.9 Å². The van der Waals surface area contributed by atoms with Crippen molar-refractivity contribution in [1.29, 1.82) is 0 Å². The van der Waals surface area contributed by atoms with Gasteiger partial charge in [0.25, 0.3) is 0 Å². The van der Waals surface area contributed by atoms with E-state index in [9.17, 15) is 0 Å². The highest BCUT2D eigenvalue weighted by molar-refractivity contribution is 5.90. The predicted molar refractivity (Wildman–Crippen MR) is 158 cm³/mol. The van der Waals surface area contributed by atoms with E-state index < -0.39 is 0 Å². The average Bonchev–Trinajstić information content (AvgIpc) is 3.01. The first-order chi connectivity index (χ1) is 19.3. The molecule has 196 valence electrons. The molecule has 0 bridgehead atoms. The smallest absolute Gasteiger partial charge is 0.227 e. The second-order valence-electron chi connectivity index (χ2n) is 9.84. The molecule has 0 amide bonds. The van der Waals surface area contributed by atoms with Crippen molar-refractivity contribution in [3.63, 3.8) is 0 Å². The average molecular weight is 516 g/mol. The van der Waals surface area contributed by atoms with Crippen LogP contribution in [0.4, 0.5) is 11.8 Å². The number of nitrogens with one attached hydrogen (secondary N) is 1. The number of ether oxygens (including phenoxy) is 1. The van der Waals surface area contributed by atoms with E-state index in [4.69, 9.17) is 14.7 Å². The third-order valence-corrected chi connectivity index (χ3v) is 7.40. The Labute approximate surface area is 229 Å². The second-order valence-corrected chi connectivity index (χ2v) is 9.84. The molecule has 6 rings (SSSR count). The zero-order valence-corrected chi connectivity index (χ0v) is 22.2. The van der Waals surface area contributed by atoms with E-state index in [-0.39, 0.29) is 6.04 Å². The fourth-order valence-electron chi connectivity index (χ4n) is 5.33. The van der Waals surface area contributed by atoms with Crippen LogP contribution in [-0.4, -0.2) is 48.2 Å². The minimum absolute atomic E-state index is 0.230. The monoisotopic (exact) mass is 515 g/mol. The van der Waals surface area contributed by atoms with Crippen LogP contribution in [0.5, 0.6) is 5.75 Å². The summed E-state index contributed by atoms with van der Waals surface area (Å²) in [6.45, 7) is 4.27. The Morgan fingerprint density at radius 3 is 1.97 bits per heavy atom. The van der Waals surface area contributed by atoms with E-state index in [1.54, 1.807) is 7.11 Å². The summed E-state index contributed by atoms with van der Waals surface area (Å²) < 4.78 is 5.29. The predicted octanol–water partition coefficient (Wildman–Crippen LogP) is 6.16. The molecule has 6 nitrogen and oxygen atoms in total. The first-order valence-electron chi connectivity index (χ1n) is 13.5. The second kappa shape index (κ2) is 11.5. The molecule has 0 saturated carbocycles. The van der Waals surface area contributed by atoms with Gasteiger partial charge >= 0.3 is 0 Å². The molecule has 1 aromatic heterocycles. The maximum atomic E-state index is 5.29. The Bertz CT molecular complexity index is 1460. The topological polar surface area (TPSA) is 53.5 Å². The number of aromatic nitrogens is 2. The summed E-state index contributed by atoms with van der Waals surface area (Å²) in [6, 6.07) is 38.2. The number of fused-ring (bicyclic) bond motifs is 1. The molecule has 0 unspecified atom stereocenters. The Kier molecular flexibility index (Phi) is 7.36. The van der Waals surface area contributed by atoms with Crippen LogP contribution in [0.1, 0.15) is 22.7 Å². The number of piperazine rings is 1. The lowest BCUT2D eigenvalue weighted by atomic mass is 9.96. The number of nitrogens with zero attached hydrogens (tertiary/aromatic N) is 4. The summed E-state index contributed by atoms with van der Waals surface area (Å²) in [6.07, 6.45) is 0. The van der Waals surface area contributed by atoms with Crippen molar-refractivity contribution in [2.75, 3.05) is 43.5 Å². The zero-order chi connectivity index (χ0) is 26.4. The number of hydrogen-bond acceptors (Lipinski definition) is 6. The molecule has 2 heterocycles. The molecule has 0 spiro atoms. The number of para-hydroxylation sites is 1. The van der Waals surface area contributed by atoms with Gasteiger partial charge in [-0.2, -0.15) is 4.98 Å². The molecule has 0 atom stereocenters. The van der Waals surface area contributed by atoms with Crippen LogP contribution in [0.2, 0.25) is 0 Å². The quantitative estimate of drug-likeness (QED) is 0.267. The highest BCUT2D eigenvalue weighted by atomic mass is 16.5. The molecule has 0 aliphatic carbocycles. The number of anilines is 2. The Hall–Kier alpha value is -4.42. The maximum absolute atomic E-state index is 5.29. The number of methoxy groups -OCH3 is 1. The molecule has 6 heteroatoms. The van der Waals surface area contributed by atoms with Crippen molar-refractivity contribution in [2.24, 2.45) is 0 Å². The summed E-state index contributed by atoms with van der Waals surface area (Å²) in [7, 11) is 1.69. The van der Waals surface area contributed by atoms with Gasteiger partial charge in [0.2, 0.25) is 5.95 Å². The van der Waals surface area contributed by atoms with Gasteiger partial charge in [0.15, 0.2) is 0 Å². The van der Waals surface area contributed by atoms with Crippen LogP contribution in [0.15, 0.2) is 109 Å². The molecule has 1 aliphatic rings. The van der Waals surface area contributed by atoms with Gasteiger partial charge in [-0.25, -0.2) is 4.98 Å². The molecular weight excluding hydrogens is 482 g/mol. The van der Waals surface area contributed by atoms with E-state index in [2.05, 4.69) is 100 Å². The largest absolute Gasteiger partial charge is 0.497 e. The first-order valence-corrected chi connectivity index (χ1v) is 13.5. The lowest BCUT2D eigenvalue weighted by molar-refractivity contribution is 0.211. The van der Waals surface area contributed by atoms with E-state index in [1.165, 1.54) is 16.7 Å². The lowest BCUT2D eigenvalue weighted by Crippen LogP contribution is -2.48. The van der Waals surface area contributed by atoms with Gasteiger partial charge in [-0.15, -0.1) is 0 Å². The van der Waals surface area contributed by atoms with Crippen molar-refractivity contribution >= 4 is 22.7 Å². The van der Waals surface area contributed by atoms with Gasteiger partial charge in [-0.05, 0) is 41.0 Å². The molecule has 0 radical (unpaired) electrons. The van der Waals surface area contributed by atoms with E-state index >= 15 is 0 Å². The number of benzene rings is 4. The fourth-order valence-corrected chi connectivity index (χ4v) is 5.33. The summed E-state index contributed by atoms with van der Waals surface area (Å²) in [5.74, 6) is 2.50. The molecule has 1 saturated heterocycles. The highest BCUT2D eigenvalue weighted by Gasteiger charge is 2.27. The normalized spacial score (nSPS) is 14.1. The maximum Gasteiger partial charge on any atom is 0.227 e. The minimum Gasteiger partial charge on any atom is -0.497 e. The van der Waals surface area contributed by atoms with Gasteiger partial charge in [0, 0.05) is 38.1 Å². The van der Waals surface area contributed by atoms with Gasteiger partial charge < -0.3 is 15.0 Å². The molecule has 1 N–H and O–H groups in total. The SMILES string of the molecule is COc1ccc(CNc2nc(N3CCN(C(c4ccccc4)c4ccccc4)CC3)nc3ccccc23)cc1. The molecule has 1 fully saturated rings. The first kappa shape index (κ1) is 24.9.